The molecule has 0 aromatic heterocycles. The van der Waals surface area contributed by atoms with Crippen LogP contribution >= 0.6 is 34.8 Å². The average Bonchev–Trinajstić information content (AvgIpc) is 3.07. The highest BCUT2D eigenvalue weighted by Gasteiger charge is 2.57. The lowest BCUT2D eigenvalue weighted by Crippen LogP contribution is -2.66. The fourth-order valence-electron chi connectivity index (χ4n) is 5.46. The maximum atomic E-state index is 13.6. The molecule has 2 fully saturated rings. The second kappa shape index (κ2) is 17.7. The molecule has 10 atom stereocenters. The van der Waals surface area contributed by atoms with Crippen molar-refractivity contribution >= 4 is 70.5 Å². The molecule has 0 saturated carbocycles. The fourth-order valence-corrected chi connectivity index (χ4v) is 5.59. The summed E-state index contributed by atoms with van der Waals surface area (Å²) >= 11 is 17.7. The van der Waals surface area contributed by atoms with Crippen molar-refractivity contribution < 1.29 is 66.6 Å². The molecule has 1 N–H and O–H groups in total. The molecule has 0 aliphatic carbocycles. The van der Waals surface area contributed by atoms with Gasteiger partial charge in [-0.3, -0.25) is 19.8 Å². The number of nitrogens with one attached hydrogen (secondary N) is 1. The number of carbonyl (C=O) groups is 5. The molecule has 15 nitrogen and oxygen atoms in total. The molecule has 2 heterocycles. The van der Waals surface area contributed by atoms with E-state index < -0.39 is 101 Å². The van der Waals surface area contributed by atoms with E-state index in [9.17, 15) is 24.0 Å². The molecule has 18 heteroatoms. The molecule has 0 unspecified atom stereocenters. The van der Waals surface area contributed by atoms with Crippen molar-refractivity contribution in [1.82, 2.24) is 0 Å². The Morgan fingerprint density at radius 1 is 0.558 bits per heavy atom. The highest BCUT2D eigenvalue weighted by molar-refractivity contribution is 6.76. The monoisotopic (exact) mass is 787 g/mol. The molecule has 0 spiro atoms. The molecular formula is C34H36Cl3NO14. The van der Waals surface area contributed by atoms with Crippen LogP contribution in [0.1, 0.15) is 55.3 Å². The smallest absolute Gasteiger partial charge is 0.338 e. The molecule has 2 aliphatic heterocycles. The minimum Gasteiger partial charge on any atom is -0.456 e. The van der Waals surface area contributed by atoms with Crippen LogP contribution in [0.25, 0.3) is 0 Å². The van der Waals surface area contributed by atoms with Crippen molar-refractivity contribution in [2.75, 3.05) is 0 Å². The number of rotatable bonds is 10. The molecule has 2 aromatic carbocycles. The quantitative estimate of drug-likeness (QED) is 0.117. The summed E-state index contributed by atoms with van der Waals surface area (Å²) in [5.41, 5.74) is 0.217. The number of carbonyl (C=O) groups excluding carboxylic acids is 5. The van der Waals surface area contributed by atoms with Gasteiger partial charge in [0, 0.05) is 20.8 Å². The van der Waals surface area contributed by atoms with Crippen molar-refractivity contribution in [3.8, 4) is 0 Å². The van der Waals surface area contributed by atoms with Crippen molar-refractivity contribution in [3.63, 3.8) is 0 Å². The Morgan fingerprint density at radius 3 is 1.40 bits per heavy atom. The molecule has 2 aromatic rings. The summed E-state index contributed by atoms with van der Waals surface area (Å²) in [5, 5.41) is 8.24. The predicted octanol–water partition coefficient (Wildman–Crippen LogP) is 4.47. The predicted molar refractivity (Wildman–Crippen MR) is 181 cm³/mol. The Balaban J connectivity index is 1.84. The zero-order valence-electron chi connectivity index (χ0n) is 28.4. The van der Waals surface area contributed by atoms with Crippen molar-refractivity contribution in [2.45, 2.75) is 99.8 Å². The van der Waals surface area contributed by atoms with Gasteiger partial charge in [-0.05, 0) is 38.1 Å². The van der Waals surface area contributed by atoms with Gasteiger partial charge >= 0.3 is 29.8 Å². The molecular weight excluding hydrogens is 753 g/mol. The summed E-state index contributed by atoms with van der Waals surface area (Å²) < 4.78 is 49.9. The third kappa shape index (κ3) is 10.5. The SMILES string of the molecule is CC(=O)O[C@@H]1[C@@H](OC(C)=O)[C@H](C)O[C@@H](O[C@@H]2[C@@H](OC(=O)c3ccccc3)[C@H](C)O[C@@H](OC(=N)C(Cl)(Cl)Cl)[C@@H]2OC(=O)c2ccccc2)[C@@H]1OC(C)=O. The number of benzene rings is 2. The maximum absolute atomic E-state index is 13.6. The first kappa shape index (κ1) is 40.8. The first-order valence-electron chi connectivity index (χ1n) is 15.8. The molecule has 52 heavy (non-hydrogen) atoms. The van der Waals surface area contributed by atoms with Gasteiger partial charge in [0.05, 0.1) is 23.3 Å². The van der Waals surface area contributed by atoms with E-state index in [0.717, 1.165) is 20.8 Å². The molecule has 4 rings (SSSR count). The minimum atomic E-state index is -2.39. The van der Waals surface area contributed by atoms with E-state index in [2.05, 4.69) is 0 Å². The Morgan fingerprint density at radius 2 is 0.942 bits per heavy atom. The number of alkyl halides is 3. The third-order valence-electron chi connectivity index (χ3n) is 7.65. The van der Waals surface area contributed by atoms with E-state index in [1.807, 2.05) is 0 Å². The van der Waals surface area contributed by atoms with E-state index in [0.29, 0.717) is 0 Å². The van der Waals surface area contributed by atoms with E-state index in [1.54, 1.807) is 36.4 Å². The largest absolute Gasteiger partial charge is 0.456 e. The van der Waals surface area contributed by atoms with Gasteiger partial charge in [-0.25, -0.2) is 9.59 Å². The Hall–Kier alpha value is -3.99. The summed E-state index contributed by atoms with van der Waals surface area (Å²) in [5.74, 6) is -5.13. The molecule has 0 bridgehead atoms. The van der Waals surface area contributed by atoms with Gasteiger partial charge in [-0.15, -0.1) is 0 Å². The molecule has 2 saturated heterocycles. The summed E-state index contributed by atoms with van der Waals surface area (Å²) in [6.45, 7) is 6.22. The van der Waals surface area contributed by atoms with Crippen LogP contribution in [-0.4, -0.2) is 101 Å². The van der Waals surface area contributed by atoms with Crippen LogP contribution in [0.5, 0.6) is 0 Å². The van der Waals surface area contributed by atoms with Crippen molar-refractivity contribution in [1.29, 1.82) is 5.41 Å². The number of halogens is 3. The second-order valence-corrected chi connectivity index (χ2v) is 13.9. The zero-order valence-corrected chi connectivity index (χ0v) is 30.7. The van der Waals surface area contributed by atoms with Gasteiger partial charge in [0.15, 0.2) is 36.8 Å². The second-order valence-electron chi connectivity index (χ2n) is 11.7. The summed E-state index contributed by atoms with van der Waals surface area (Å²) in [7, 11) is 0. The lowest BCUT2D eigenvalue weighted by molar-refractivity contribution is -0.348. The normalized spacial score (nSPS) is 28.8. The van der Waals surface area contributed by atoms with E-state index in [4.69, 9.17) is 82.8 Å². The van der Waals surface area contributed by atoms with Crippen molar-refractivity contribution in [3.05, 3.63) is 71.8 Å². The molecule has 282 valence electrons. The minimum absolute atomic E-state index is 0.0763. The zero-order chi connectivity index (χ0) is 38.3. The maximum Gasteiger partial charge on any atom is 0.338 e. The van der Waals surface area contributed by atoms with Crippen LogP contribution in [0.15, 0.2) is 60.7 Å². The lowest BCUT2D eigenvalue weighted by atomic mass is 9.96. The van der Waals surface area contributed by atoms with E-state index in [1.165, 1.54) is 38.1 Å². The van der Waals surface area contributed by atoms with Crippen LogP contribution in [0.2, 0.25) is 0 Å². The van der Waals surface area contributed by atoms with Crippen molar-refractivity contribution in [2.24, 2.45) is 0 Å². The van der Waals surface area contributed by atoms with Crippen LogP contribution < -0.4 is 0 Å². The average molecular weight is 789 g/mol. The summed E-state index contributed by atoms with van der Waals surface area (Å²) in [6, 6.07) is 15.6. The first-order chi connectivity index (χ1) is 24.5. The van der Waals surface area contributed by atoms with Gasteiger partial charge in [0.2, 0.25) is 12.2 Å². The highest BCUT2D eigenvalue weighted by Crippen LogP contribution is 2.37. The summed E-state index contributed by atoms with van der Waals surface area (Å²) in [4.78, 5) is 63.8. The van der Waals surface area contributed by atoms with Crippen LogP contribution in [0.3, 0.4) is 0 Å². The van der Waals surface area contributed by atoms with Crippen LogP contribution in [0.4, 0.5) is 0 Å². The van der Waals surface area contributed by atoms with E-state index >= 15 is 0 Å². The Bertz CT molecular complexity index is 1610. The number of esters is 5. The van der Waals surface area contributed by atoms with Gasteiger partial charge in [0.25, 0.3) is 3.79 Å². The molecule has 2 aliphatic rings. The third-order valence-corrected chi connectivity index (χ3v) is 8.16. The first-order valence-corrected chi connectivity index (χ1v) is 16.9. The Labute approximate surface area is 313 Å². The highest BCUT2D eigenvalue weighted by atomic mass is 35.6. The van der Waals surface area contributed by atoms with E-state index in [-0.39, 0.29) is 11.1 Å². The number of hydrogen-bond donors (Lipinski definition) is 1. The van der Waals surface area contributed by atoms with Gasteiger partial charge < -0.3 is 42.6 Å². The number of ether oxygens (including phenoxy) is 9. The number of hydrogen-bond acceptors (Lipinski definition) is 15. The standard InChI is InChI=1S/C34H36Cl3NO14/c1-16-23(46-18(3)39)25(47-19(4)40)27(48-20(5)41)31(44-16)51-26-24(49-29(42)21-12-8-6-9-13-21)17(2)45-32(52-33(38)34(35,36)37)28(26)50-30(43)22-14-10-7-11-15-22/h6-17,23-28,31-32,38H,1-5H3/t16-,17-,23-,24-,25+,26+,27+,28+,31-,32-/m0/s1. The lowest BCUT2D eigenvalue weighted by Gasteiger charge is -2.48. The van der Waals surface area contributed by atoms with Crippen LogP contribution in [-0.2, 0) is 57.0 Å². The van der Waals surface area contributed by atoms with Gasteiger partial charge in [-0.2, -0.15) is 0 Å². The van der Waals surface area contributed by atoms with Gasteiger partial charge in [0.1, 0.15) is 6.10 Å². The topological polar surface area (TPSA) is 192 Å². The Kier molecular flexibility index (Phi) is 13.9. The molecule has 0 amide bonds. The van der Waals surface area contributed by atoms with Crippen LogP contribution in [0, 0.1) is 5.41 Å². The molecule has 0 radical (unpaired) electrons. The van der Waals surface area contributed by atoms with Gasteiger partial charge in [-0.1, -0.05) is 71.2 Å². The fraction of sp³-hybridized carbons (Fsp3) is 0.471. The summed E-state index contributed by atoms with van der Waals surface area (Å²) in [6.07, 6.45) is -14.8.